The van der Waals surface area contributed by atoms with Crippen molar-refractivity contribution in [3.63, 3.8) is 0 Å². The number of rotatable bonds is 7. The van der Waals surface area contributed by atoms with Crippen LogP contribution in [0.5, 0.6) is 0 Å². The molecule has 2 aromatic rings. The normalized spacial score (nSPS) is 12.6. The summed E-state index contributed by atoms with van der Waals surface area (Å²) >= 11 is 6.98. The van der Waals surface area contributed by atoms with Crippen molar-refractivity contribution in [3.8, 4) is 0 Å². The van der Waals surface area contributed by atoms with Crippen molar-refractivity contribution in [2.24, 2.45) is 0 Å². The van der Waals surface area contributed by atoms with Crippen LogP contribution in [0.25, 0.3) is 0 Å². The Morgan fingerprint density at radius 1 is 1.40 bits per heavy atom. The molecule has 0 aliphatic heterocycles. The standard InChI is InChI=1S/C14H20BrN3S2/c1-4-5-16-10(2)13-9-20-14(17-13)18(3)7-12-6-11(15)8-19-12/h6,8-10,16H,4-5,7H2,1-3H3. The van der Waals surface area contributed by atoms with E-state index in [1.165, 1.54) is 4.88 Å². The fourth-order valence-corrected chi connectivity index (χ4v) is 4.24. The van der Waals surface area contributed by atoms with Gasteiger partial charge in [0.15, 0.2) is 5.13 Å². The van der Waals surface area contributed by atoms with Gasteiger partial charge in [0, 0.05) is 33.2 Å². The van der Waals surface area contributed by atoms with E-state index in [-0.39, 0.29) is 0 Å². The highest BCUT2D eigenvalue weighted by Crippen LogP contribution is 2.26. The van der Waals surface area contributed by atoms with Crippen molar-refractivity contribution in [1.82, 2.24) is 10.3 Å². The lowest BCUT2D eigenvalue weighted by atomic mass is 10.2. The van der Waals surface area contributed by atoms with E-state index in [2.05, 4.69) is 63.9 Å². The van der Waals surface area contributed by atoms with Gasteiger partial charge in [0.1, 0.15) is 0 Å². The van der Waals surface area contributed by atoms with Gasteiger partial charge in [-0.15, -0.1) is 22.7 Å². The Labute approximate surface area is 137 Å². The van der Waals surface area contributed by atoms with E-state index >= 15 is 0 Å². The zero-order valence-electron chi connectivity index (χ0n) is 12.0. The van der Waals surface area contributed by atoms with Crippen molar-refractivity contribution in [3.05, 3.63) is 31.9 Å². The lowest BCUT2D eigenvalue weighted by molar-refractivity contribution is 0.561. The van der Waals surface area contributed by atoms with Crippen LogP contribution in [-0.4, -0.2) is 18.6 Å². The number of hydrogen-bond acceptors (Lipinski definition) is 5. The van der Waals surface area contributed by atoms with Gasteiger partial charge in [-0.3, -0.25) is 0 Å². The number of halogens is 1. The molecule has 0 aliphatic carbocycles. The van der Waals surface area contributed by atoms with E-state index in [4.69, 9.17) is 4.98 Å². The van der Waals surface area contributed by atoms with E-state index in [1.54, 1.807) is 22.7 Å². The number of anilines is 1. The number of nitrogens with one attached hydrogen (secondary N) is 1. The van der Waals surface area contributed by atoms with Crippen molar-refractivity contribution in [1.29, 1.82) is 0 Å². The predicted octanol–water partition coefficient (Wildman–Crippen LogP) is 4.66. The molecule has 0 aliphatic rings. The summed E-state index contributed by atoms with van der Waals surface area (Å²) in [7, 11) is 2.10. The lowest BCUT2D eigenvalue weighted by Crippen LogP contribution is -2.20. The molecule has 0 saturated heterocycles. The van der Waals surface area contributed by atoms with Gasteiger partial charge in [-0.1, -0.05) is 6.92 Å². The zero-order valence-corrected chi connectivity index (χ0v) is 15.2. The predicted molar refractivity (Wildman–Crippen MR) is 92.9 cm³/mol. The van der Waals surface area contributed by atoms with Crippen molar-refractivity contribution < 1.29 is 0 Å². The van der Waals surface area contributed by atoms with Crippen LogP contribution in [0, 0.1) is 0 Å². The minimum Gasteiger partial charge on any atom is -0.346 e. The van der Waals surface area contributed by atoms with Gasteiger partial charge < -0.3 is 10.2 Å². The van der Waals surface area contributed by atoms with Gasteiger partial charge >= 0.3 is 0 Å². The molecule has 2 rings (SSSR count). The van der Waals surface area contributed by atoms with E-state index in [0.717, 1.165) is 34.8 Å². The minimum atomic E-state index is 0.323. The third-order valence-electron chi connectivity index (χ3n) is 3.00. The van der Waals surface area contributed by atoms with Gasteiger partial charge in [-0.25, -0.2) is 4.98 Å². The first-order valence-electron chi connectivity index (χ1n) is 6.73. The Bertz CT molecular complexity index is 538. The average molecular weight is 374 g/mol. The summed E-state index contributed by atoms with van der Waals surface area (Å²) in [5, 5.41) is 8.83. The molecule has 2 heterocycles. The molecule has 2 aromatic heterocycles. The third-order valence-corrected chi connectivity index (χ3v) is 5.65. The molecule has 1 unspecified atom stereocenters. The first-order chi connectivity index (χ1) is 9.60. The van der Waals surface area contributed by atoms with Crippen molar-refractivity contribution in [2.75, 3.05) is 18.5 Å². The van der Waals surface area contributed by atoms with Crippen molar-refractivity contribution >= 4 is 43.7 Å². The lowest BCUT2D eigenvalue weighted by Gasteiger charge is -2.15. The van der Waals surface area contributed by atoms with Gasteiger partial charge in [0.05, 0.1) is 12.2 Å². The monoisotopic (exact) mass is 373 g/mol. The maximum atomic E-state index is 4.74. The number of thiazole rings is 1. The SMILES string of the molecule is CCCNC(C)c1csc(N(C)Cc2cc(Br)cs2)n1. The van der Waals surface area contributed by atoms with Crippen LogP contribution in [0.15, 0.2) is 21.3 Å². The van der Waals surface area contributed by atoms with E-state index < -0.39 is 0 Å². The van der Waals surface area contributed by atoms with Crippen LogP contribution in [0.3, 0.4) is 0 Å². The van der Waals surface area contributed by atoms with Crippen LogP contribution in [0.2, 0.25) is 0 Å². The topological polar surface area (TPSA) is 28.2 Å². The van der Waals surface area contributed by atoms with Gasteiger partial charge in [0.25, 0.3) is 0 Å². The van der Waals surface area contributed by atoms with Crippen LogP contribution >= 0.6 is 38.6 Å². The molecule has 3 nitrogen and oxygen atoms in total. The highest BCUT2D eigenvalue weighted by Gasteiger charge is 2.12. The molecule has 0 aromatic carbocycles. The first kappa shape index (κ1) is 15.9. The maximum Gasteiger partial charge on any atom is 0.185 e. The molecule has 20 heavy (non-hydrogen) atoms. The molecular formula is C14H20BrN3S2. The molecule has 0 spiro atoms. The maximum absolute atomic E-state index is 4.74. The first-order valence-corrected chi connectivity index (χ1v) is 9.28. The number of aromatic nitrogens is 1. The fraction of sp³-hybridized carbons (Fsp3) is 0.500. The second-order valence-electron chi connectivity index (χ2n) is 4.82. The largest absolute Gasteiger partial charge is 0.346 e. The Morgan fingerprint density at radius 2 is 2.20 bits per heavy atom. The second-order valence-corrected chi connectivity index (χ2v) is 7.57. The van der Waals surface area contributed by atoms with Gasteiger partial charge in [-0.05, 0) is 41.9 Å². The summed E-state index contributed by atoms with van der Waals surface area (Å²) in [5.41, 5.74) is 1.14. The zero-order chi connectivity index (χ0) is 14.5. The summed E-state index contributed by atoms with van der Waals surface area (Å²) in [5.74, 6) is 0. The number of thiophene rings is 1. The van der Waals surface area contributed by atoms with E-state index in [1.807, 2.05) is 0 Å². The summed E-state index contributed by atoms with van der Waals surface area (Å²) in [6.07, 6.45) is 1.15. The number of nitrogens with zero attached hydrogens (tertiary/aromatic N) is 2. The van der Waals surface area contributed by atoms with Crippen molar-refractivity contribution in [2.45, 2.75) is 32.9 Å². The number of hydrogen-bond donors (Lipinski definition) is 1. The van der Waals surface area contributed by atoms with Crippen LogP contribution in [0.4, 0.5) is 5.13 Å². The Morgan fingerprint density at radius 3 is 2.85 bits per heavy atom. The highest BCUT2D eigenvalue weighted by atomic mass is 79.9. The molecule has 0 bridgehead atoms. The summed E-state index contributed by atoms with van der Waals surface area (Å²) < 4.78 is 1.16. The molecule has 6 heteroatoms. The van der Waals surface area contributed by atoms with Gasteiger partial charge in [0.2, 0.25) is 0 Å². The molecule has 1 atom stereocenters. The molecule has 0 saturated carbocycles. The second kappa shape index (κ2) is 7.54. The third kappa shape index (κ3) is 4.28. The molecule has 0 amide bonds. The molecule has 0 fully saturated rings. The van der Waals surface area contributed by atoms with E-state index in [0.29, 0.717) is 6.04 Å². The quantitative estimate of drug-likeness (QED) is 0.764. The molecule has 1 N–H and O–H groups in total. The Balaban J connectivity index is 1.97. The fourth-order valence-electron chi connectivity index (χ4n) is 1.85. The molecular weight excluding hydrogens is 354 g/mol. The minimum absolute atomic E-state index is 0.323. The highest BCUT2D eigenvalue weighted by molar-refractivity contribution is 9.10. The van der Waals surface area contributed by atoms with Crippen LogP contribution in [-0.2, 0) is 6.54 Å². The average Bonchev–Trinajstić information content (AvgIpc) is 3.05. The van der Waals surface area contributed by atoms with E-state index in [9.17, 15) is 0 Å². The Kier molecular flexibility index (Phi) is 6.01. The molecule has 110 valence electrons. The summed E-state index contributed by atoms with van der Waals surface area (Å²) in [6.45, 7) is 6.29. The smallest absolute Gasteiger partial charge is 0.185 e. The molecule has 0 radical (unpaired) electrons. The summed E-state index contributed by atoms with van der Waals surface area (Å²) in [4.78, 5) is 8.29. The van der Waals surface area contributed by atoms with Gasteiger partial charge in [-0.2, -0.15) is 0 Å². The Hall–Kier alpha value is -0.430. The summed E-state index contributed by atoms with van der Waals surface area (Å²) in [6, 6.07) is 2.49. The van der Waals surface area contributed by atoms with Crippen LogP contribution < -0.4 is 10.2 Å². The van der Waals surface area contributed by atoms with Crippen LogP contribution in [0.1, 0.15) is 36.9 Å².